The number of amides is 4. The van der Waals surface area contributed by atoms with Crippen LogP contribution in [-0.4, -0.2) is 156 Å². The van der Waals surface area contributed by atoms with Crippen LogP contribution in [-0.2, 0) is 36.8 Å². The average molecular weight is 1150 g/mol. The molecular weight excluding hydrogens is 1090 g/mol. The molecule has 2 bridgehead atoms. The van der Waals surface area contributed by atoms with Crippen molar-refractivity contribution in [3.8, 4) is 11.8 Å². The Bertz CT molecular complexity index is 2840. The van der Waals surface area contributed by atoms with Crippen molar-refractivity contribution >= 4 is 51.7 Å². The van der Waals surface area contributed by atoms with Gasteiger partial charge < -0.3 is 40.2 Å². The van der Waals surface area contributed by atoms with Gasteiger partial charge in [-0.3, -0.25) is 30.7 Å². The van der Waals surface area contributed by atoms with Crippen LogP contribution in [0.5, 0.6) is 0 Å². The smallest absolute Gasteiger partial charge is 0.407 e. The van der Waals surface area contributed by atoms with Gasteiger partial charge in [0.05, 0.1) is 61.5 Å². The van der Waals surface area contributed by atoms with E-state index in [0.717, 1.165) is 64.9 Å². The number of nitrogens with zero attached hydrogens (tertiary/aromatic N) is 4. The molecule has 27 heteroatoms. The fourth-order valence-corrected chi connectivity index (χ4v) is 10.2. The number of piperazine rings is 1. The molecule has 3 saturated heterocycles. The normalized spacial score (nSPS) is 19.2. The lowest BCUT2D eigenvalue weighted by molar-refractivity contribution is -0.221. The molecule has 4 aliphatic rings. The second-order valence-corrected chi connectivity index (χ2v) is 22.3. The van der Waals surface area contributed by atoms with E-state index < -0.39 is 108 Å². The molecule has 0 unspecified atom stereocenters. The minimum absolute atomic E-state index is 0.0982. The van der Waals surface area contributed by atoms with Crippen molar-refractivity contribution in [3.63, 3.8) is 0 Å². The number of benzene rings is 2. The van der Waals surface area contributed by atoms with E-state index in [2.05, 4.69) is 46.8 Å². The first-order chi connectivity index (χ1) is 37.5. The number of nitrogens with one attached hydrogen (secondary N) is 6. The minimum atomic E-state index is -5.20. The topological polar surface area (TPSA) is 235 Å². The van der Waals surface area contributed by atoms with E-state index in [4.69, 9.17) is 15.6 Å². The van der Waals surface area contributed by atoms with Crippen LogP contribution in [0.1, 0.15) is 74.8 Å². The number of alkyl carbamates (subject to hydrolysis) is 2. The Morgan fingerprint density at radius 3 is 1.86 bits per heavy atom. The summed E-state index contributed by atoms with van der Waals surface area (Å²) in [5.41, 5.74) is -3.80. The fraction of sp³-hybridized carbons (Fsp3) is 0.528. The number of methoxy groups -OCH3 is 2. The third-order valence-corrected chi connectivity index (χ3v) is 15.9. The number of thioether (sulfide) groups is 1. The second-order valence-electron chi connectivity index (χ2n) is 21.2. The Morgan fingerprint density at radius 1 is 0.812 bits per heavy atom. The van der Waals surface area contributed by atoms with Gasteiger partial charge in [0.2, 0.25) is 5.91 Å². The molecule has 80 heavy (non-hydrogen) atoms. The number of hydrogen-bond donors (Lipinski definition) is 7. The molecule has 2 aromatic carbocycles. The number of hydrazine groups is 1. The van der Waals surface area contributed by atoms with Gasteiger partial charge in [-0.25, -0.2) is 28.4 Å². The number of halogens is 8. The summed E-state index contributed by atoms with van der Waals surface area (Å²) < 4.78 is 134. The Hall–Kier alpha value is -6.60. The zero-order valence-corrected chi connectivity index (χ0v) is 45.2. The molecule has 0 spiro atoms. The van der Waals surface area contributed by atoms with Crippen LogP contribution < -0.4 is 26.3 Å². The zero-order valence-electron chi connectivity index (χ0n) is 44.4. The molecule has 4 fully saturated rings. The van der Waals surface area contributed by atoms with Gasteiger partial charge in [-0.1, -0.05) is 35.7 Å². The van der Waals surface area contributed by atoms with Crippen LogP contribution in [0.15, 0.2) is 54.7 Å². The lowest BCUT2D eigenvalue weighted by Gasteiger charge is -2.42. The van der Waals surface area contributed by atoms with Gasteiger partial charge in [-0.2, -0.15) is 26.3 Å². The number of aliphatic hydroxyl groups is 1. The van der Waals surface area contributed by atoms with E-state index in [-0.39, 0.29) is 21.6 Å². The number of carbonyl (C=O) groups is 4. The van der Waals surface area contributed by atoms with Gasteiger partial charge in [0, 0.05) is 72.6 Å². The summed E-state index contributed by atoms with van der Waals surface area (Å²) in [5.74, 6) is 0.954. The number of aromatic nitrogens is 1. The Kier molecular flexibility index (Phi) is 18.8. The maximum absolute atomic E-state index is 16.1. The number of aliphatic hydroxyl groups excluding tert-OH is 1. The number of alkyl halides is 6. The summed E-state index contributed by atoms with van der Waals surface area (Å²) in [7, 11) is 1.64. The fourth-order valence-electron chi connectivity index (χ4n) is 9.37. The maximum Gasteiger partial charge on any atom is 0.407 e. The molecule has 1 aliphatic carbocycles. The highest BCUT2D eigenvalue weighted by atomic mass is 32.2. The number of anilines is 1. The predicted octanol–water partition coefficient (Wildman–Crippen LogP) is 6.41. The molecule has 434 valence electrons. The van der Waals surface area contributed by atoms with Crippen LogP contribution in [0, 0.1) is 51.0 Å². The highest BCUT2D eigenvalue weighted by Crippen LogP contribution is 2.42. The van der Waals surface area contributed by atoms with Gasteiger partial charge >= 0.3 is 24.5 Å². The standard InChI is InChI=1S/C53H62F8N10O8S/c1-50(2,52(56,57)58)42(66-48(75)77-5)46(73)65-39(17-29-10-7-28(8-11-29)9-12-30-13-16-41(64-21-30)71-23-33-20-34(71)22-70(33)35-26-79-27-35)40(72)25-69(68-47(74)43(67-49(76)78-6)51(3,4)53(59,60)61)24-36-37(54)18-32(19-38(36)55)45(63)80-44(62)31-14-15-31/h7-8,10-11,13,16,18-19,21,31,33-35,39-40,42-43,62-63,72H,14-15,17,20,22-27H2,1-6H3,(H,65,73)(H,66,75)(H,67,76)(H,68,74)/t33-,34-,39+,40+,42-,43-/m1/s1. The number of hydrogen-bond acceptors (Lipinski definition) is 15. The summed E-state index contributed by atoms with van der Waals surface area (Å²) in [4.78, 5) is 62.4. The van der Waals surface area contributed by atoms with Crippen LogP contribution in [0.2, 0.25) is 0 Å². The van der Waals surface area contributed by atoms with E-state index in [1.165, 1.54) is 12.1 Å². The summed E-state index contributed by atoms with van der Waals surface area (Å²) >= 11 is 0.674. The van der Waals surface area contributed by atoms with Gasteiger partial charge in [0.1, 0.15) is 34.6 Å². The monoisotopic (exact) mass is 1150 g/mol. The van der Waals surface area contributed by atoms with Crippen LogP contribution in [0.25, 0.3) is 0 Å². The van der Waals surface area contributed by atoms with Crippen molar-refractivity contribution in [2.24, 2.45) is 16.7 Å². The largest absolute Gasteiger partial charge is 0.453 e. The molecular formula is C53H62F8N10O8S. The predicted molar refractivity (Wildman–Crippen MR) is 277 cm³/mol. The molecule has 0 radical (unpaired) electrons. The highest BCUT2D eigenvalue weighted by molar-refractivity contribution is 8.26. The van der Waals surface area contributed by atoms with Gasteiger partial charge in [0.25, 0.3) is 5.91 Å². The van der Waals surface area contributed by atoms with E-state index in [1.807, 2.05) is 22.8 Å². The number of carbonyl (C=O) groups excluding carboxylic acids is 4. The van der Waals surface area contributed by atoms with Crippen molar-refractivity contribution < 1.29 is 73.6 Å². The molecule has 3 aromatic rings. The molecule has 1 saturated carbocycles. The Balaban J connectivity index is 1.17. The lowest BCUT2D eigenvalue weighted by atomic mass is 9.82. The number of pyridine rings is 1. The third-order valence-electron chi connectivity index (χ3n) is 14.9. The summed E-state index contributed by atoms with van der Waals surface area (Å²) in [6, 6.07) is 5.93. The van der Waals surface area contributed by atoms with Gasteiger partial charge in [0.15, 0.2) is 0 Å². The number of rotatable bonds is 19. The average Bonchev–Trinajstić information content (AvgIpc) is 4.22. The summed E-state index contributed by atoms with van der Waals surface area (Å²) in [6.45, 7) is 3.50. The lowest BCUT2D eigenvalue weighted by Crippen LogP contribution is -2.63. The molecule has 4 amide bonds. The van der Waals surface area contributed by atoms with E-state index in [1.54, 1.807) is 18.3 Å². The number of fused-ring (bicyclic) bond motifs is 2. The Labute approximate surface area is 460 Å². The van der Waals surface area contributed by atoms with Crippen molar-refractivity contribution in [3.05, 3.63) is 94.2 Å². The van der Waals surface area contributed by atoms with Crippen molar-refractivity contribution in [2.45, 2.75) is 115 Å². The molecule has 18 nitrogen and oxygen atoms in total. The highest BCUT2D eigenvalue weighted by Gasteiger charge is 2.57. The SMILES string of the molecule is COC(=O)N[C@H](C(=O)N[C@@H](Cc1ccc(C#Cc2ccc(N3C[C@H]4C[C@@H]3CN4C3COC3)nc2)cc1)[C@@H](O)CN(Cc1c(F)cc(C(=N)SC(=N)C2CC2)cc1F)NC(=O)[C@@H](NC(=O)OC)C(C)(C)C(F)(F)F)C(C)(C)C(F)(F)F. The molecule has 1 aromatic heterocycles. The first-order valence-electron chi connectivity index (χ1n) is 25.4. The van der Waals surface area contributed by atoms with E-state index in [0.29, 0.717) is 92.1 Å². The first-order valence-corrected chi connectivity index (χ1v) is 26.2. The summed E-state index contributed by atoms with van der Waals surface area (Å²) in [6.07, 6.45) is -11.7. The molecule has 7 rings (SSSR count). The number of likely N-dealkylation sites (tertiary alicyclic amines) is 1. The Morgan fingerprint density at radius 2 is 1.38 bits per heavy atom. The van der Waals surface area contributed by atoms with Gasteiger partial charge in [-0.15, -0.1) is 0 Å². The van der Waals surface area contributed by atoms with Crippen molar-refractivity contribution in [2.75, 3.05) is 52.0 Å². The van der Waals surface area contributed by atoms with Crippen LogP contribution in [0.3, 0.4) is 0 Å². The van der Waals surface area contributed by atoms with Crippen LogP contribution in [0.4, 0.5) is 50.5 Å². The van der Waals surface area contributed by atoms with E-state index in [9.17, 15) is 50.6 Å². The van der Waals surface area contributed by atoms with Crippen LogP contribution >= 0.6 is 11.8 Å². The molecule has 6 atom stereocenters. The third kappa shape index (κ3) is 14.3. The van der Waals surface area contributed by atoms with Gasteiger partial charge in [-0.05, 0) is 95.3 Å². The quantitative estimate of drug-likeness (QED) is 0.0226. The zero-order chi connectivity index (χ0) is 58.6. The van der Waals surface area contributed by atoms with E-state index >= 15 is 8.78 Å². The minimum Gasteiger partial charge on any atom is -0.453 e. The molecule has 4 heterocycles. The summed E-state index contributed by atoms with van der Waals surface area (Å²) in [5, 5.41) is 34.9. The maximum atomic E-state index is 16.1. The van der Waals surface area contributed by atoms with Crippen molar-refractivity contribution in [1.82, 2.24) is 36.3 Å². The molecule has 7 N–H and O–H groups in total. The first kappa shape index (κ1) is 61.0. The van der Waals surface area contributed by atoms with Crippen molar-refractivity contribution in [1.29, 1.82) is 10.8 Å². The number of ether oxygens (including phenoxy) is 3. The second kappa shape index (κ2) is 24.6. The molecule has 3 aliphatic heterocycles.